The van der Waals surface area contributed by atoms with E-state index in [-0.39, 0.29) is 29.9 Å². The first-order chi connectivity index (χ1) is 28.2. The van der Waals surface area contributed by atoms with Crippen molar-refractivity contribution < 1.29 is 47.4 Å². The number of rotatable bonds is 28. The molecule has 1 saturated carbocycles. The Bertz CT molecular complexity index is 1860. The highest BCUT2D eigenvalue weighted by Crippen LogP contribution is 2.63. The van der Waals surface area contributed by atoms with E-state index in [2.05, 4.69) is 17.0 Å². The van der Waals surface area contributed by atoms with Crippen molar-refractivity contribution in [2.45, 2.75) is 166 Å². The van der Waals surface area contributed by atoms with Crippen molar-refractivity contribution in [1.29, 1.82) is 0 Å². The Balaban J connectivity index is 1.08. The van der Waals surface area contributed by atoms with E-state index in [0.717, 1.165) is 19.3 Å². The molecule has 2 unspecified atom stereocenters. The first kappa shape index (κ1) is 47.3. The number of halogens is 2. The Kier molecular flexibility index (Phi) is 17.6. The van der Waals surface area contributed by atoms with Crippen LogP contribution in [0.5, 0.6) is 0 Å². The minimum Gasteiger partial charge on any atom is -0.386 e. The molecule has 1 amide bonds. The lowest BCUT2D eigenvalue weighted by atomic mass is 9.91. The largest absolute Gasteiger partial charge is 0.472 e. The van der Waals surface area contributed by atoms with Crippen LogP contribution in [0.15, 0.2) is 36.7 Å². The SMILES string of the molecule is CCCCCCCCCCCCCCCCCCOC[C@H](COP(=O)(O)OC1[C@H]2O[C@@](C)(c3ccc4c(N)ncnn34)[C@H](O)[C@@]12O)N(Cc1ccc(F)c(Cl)c1)C(C)=O. The standard InChI is InChI=1S/C42H64ClFN5O9P/c1-4-5-6-7-8-9-10-11-12-13-14-15-16-17-18-19-24-55-27-32(48(30(2)50)26-31-20-21-34(44)33(43)25-31)28-56-59(53,54)58-38-37-42(38,52)40(51)41(3,57-37)36-23-22-35-39(45)46-29-47-49(35)36/h20-23,25,29,32,37-38,40,51-52H,4-19,24,26-28H2,1-3H3,(H,53,54)(H2,45,46,47)/t32-,37-,38?,40+,41+,42+/m1/s1. The number of anilines is 1. The fourth-order valence-electron chi connectivity index (χ4n) is 8.12. The predicted molar refractivity (Wildman–Crippen MR) is 223 cm³/mol. The molecule has 1 aromatic carbocycles. The first-order valence-electron chi connectivity index (χ1n) is 21.3. The summed E-state index contributed by atoms with van der Waals surface area (Å²) in [6, 6.07) is 6.54. The lowest BCUT2D eigenvalue weighted by Crippen LogP contribution is -2.46. The lowest BCUT2D eigenvalue weighted by molar-refractivity contribution is -0.135. The number of hydrogen-bond donors (Lipinski definition) is 4. The van der Waals surface area contributed by atoms with Crippen molar-refractivity contribution in [3.8, 4) is 0 Å². The van der Waals surface area contributed by atoms with Crippen LogP contribution in [-0.4, -0.2) is 90.3 Å². The summed E-state index contributed by atoms with van der Waals surface area (Å²) in [4.78, 5) is 29.2. The van der Waals surface area contributed by atoms with Crippen LogP contribution in [0.25, 0.3) is 5.52 Å². The zero-order valence-corrected chi connectivity index (χ0v) is 36.4. The normalized spacial score (nSPS) is 24.0. The van der Waals surface area contributed by atoms with Gasteiger partial charge in [-0.1, -0.05) is 121 Å². The van der Waals surface area contributed by atoms with Gasteiger partial charge in [-0.2, -0.15) is 5.10 Å². The molecule has 0 bridgehead atoms. The summed E-state index contributed by atoms with van der Waals surface area (Å²) in [7, 11) is -4.91. The van der Waals surface area contributed by atoms with Crippen molar-refractivity contribution in [1.82, 2.24) is 19.5 Å². The summed E-state index contributed by atoms with van der Waals surface area (Å²) in [5, 5.41) is 26.9. The maximum atomic E-state index is 13.9. The number of amides is 1. The van der Waals surface area contributed by atoms with Crippen LogP contribution in [0, 0.1) is 5.82 Å². The maximum absolute atomic E-state index is 13.9. The first-order valence-corrected chi connectivity index (χ1v) is 23.2. The van der Waals surface area contributed by atoms with E-state index in [9.17, 15) is 28.9 Å². The average molecular weight is 868 g/mol. The molecule has 5 N–H and O–H groups in total. The van der Waals surface area contributed by atoms with Crippen LogP contribution in [0.3, 0.4) is 0 Å². The minimum atomic E-state index is -4.91. The molecular formula is C42H64ClFN5O9P. The molecule has 1 saturated heterocycles. The molecule has 2 fully saturated rings. The van der Waals surface area contributed by atoms with Crippen molar-refractivity contribution in [3.63, 3.8) is 0 Å². The molecule has 3 heterocycles. The molecular weight excluding hydrogens is 804 g/mol. The third-order valence-electron chi connectivity index (χ3n) is 11.7. The number of carbonyl (C=O) groups is 1. The van der Waals surface area contributed by atoms with E-state index < -0.39 is 55.8 Å². The lowest BCUT2D eigenvalue weighted by Gasteiger charge is -2.33. The summed E-state index contributed by atoms with van der Waals surface area (Å²) in [6.07, 6.45) is 17.1. The van der Waals surface area contributed by atoms with Crippen LogP contribution >= 0.6 is 19.4 Å². The highest BCUT2D eigenvalue weighted by molar-refractivity contribution is 7.47. The van der Waals surface area contributed by atoms with Crippen LogP contribution in [0.2, 0.25) is 5.02 Å². The number of aliphatic hydroxyl groups is 2. The Morgan fingerprint density at radius 3 is 2.19 bits per heavy atom. The molecule has 2 aromatic heterocycles. The molecule has 59 heavy (non-hydrogen) atoms. The van der Waals surface area contributed by atoms with Crippen LogP contribution < -0.4 is 5.73 Å². The van der Waals surface area contributed by atoms with Crippen LogP contribution in [0.4, 0.5) is 10.2 Å². The molecule has 5 rings (SSSR count). The van der Waals surface area contributed by atoms with Gasteiger partial charge in [0.15, 0.2) is 11.4 Å². The van der Waals surface area contributed by atoms with Crippen LogP contribution in [-0.2, 0) is 40.0 Å². The van der Waals surface area contributed by atoms with E-state index in [4.69, 9.17) is 35.9 Å². The third-order valence-corrected chi connectivity index (χ3v) is 13.0. The smallest absolute Gasteiger partial charge is 0.386 e. The predicted octanol–water partition coefficient (Wildman–Crippen LogP) is 8.02. The average Bonchev–Trinajstić information content (AvgIpc) is 3.44. The van der Waals surface area contributed by atoms with E-state index in [0.29, 0.717) is 23.4 Å². The molecule has 1 aliphatic carbocycles. The van der Waals surface area contributed by atoms with E-state index in [1.807, 2.05) is 0 Å². The summed E-state index contributed by atoms with van der Waals surface area (Å²) in [5.74, 6) is -0.781. The van der Waals surface area contributed by atoms with Gasteiger partial charge in [-0.15, -0.1) is 0 Å². The van der Waals surface area contributed by atoms with Gasteiger partial charge in [0, 0.05) is 20.1 Å². The summed E-state index contributed by atoms with van der Waals surface area (Å²) < 4.78 is 51.6. The monoisotopic (exact) mass is 867 g/mol. The number of phosphoric acid groups is 1. The number of benzene rings is 1. The minimum absolute atomic E-state index is 0.00356. The van der Waals surface area contributed by atoms with Gasteiger partial charge in [0.1, 0.15) is 41.6 Å². The second-order valence-corrected chi connectivity index (χ2v) is 18.1. The topological polar surface area (TPSA) is 191 Å². The number of carbonyl (C=O) groups excluding carboxylic acids is 1. The van der Waals surface area contributed by atoms with Gasteiger partial charge >= 0.3 is 7.82 Å². The number of hydrogen-bond acceptors (Lipinski definition) is 11. The summed E-state index contributed by atoms with van der Waals surface area (Å²) in [5.41, 5.74) is 3.82. The van der Waals surface area contributed by atoms with Gasteiger partial charge in [-0.25, -0.2) is 18.5 Å². The number of ether oxygens (including phenoxy) is 2. The van der Waals surface area contributed by atoms with Gasteiger partial charge in [0.2, 0.25) is 5.91 Å². The van der Waals surface area contributed by atoms with Gasteiger partial charge in [0.25, 0.3) is 0 Å². The zero-order valence-electron chi connectivity index (χ0n) is 34.8. The number of fused-ring (bicyclic) bond motifs is 2. The van der Waals surface area contributed by atoms with Crippen molar-refractivity contribution in [2.75, 3.05) is 25.6 Å². The quantitative estimate of drug-likeness (QED) is 0.0407. The molecule has 330 valence electrons. The molecule has 3 aromatic rings. The second-order valence-electron chi connectivity index (χ2n) is 16.3. The fraction of sp³-hybridized carbons (Fsp3) is 0.690. The summed E-state index contributed by atoms with van der Waals surface area (Å²) >= 11 is 6.02. The molecule has 7 atom stereocenters. The molecule has 14 nitrogen and oxygen atoms in total. The highest BCUT2D eigenvalue weighted by atomic mass is 35.5. The number of aromatic nitrogens is 3. The van der Waals surface area contributed by atoms with E-state index in [1.165, 1.54) is 124 Å². The van der Waals surface area contributed by atoms with Crippen molar-refractivity contribution in [2.24, 2.45) is 0 Å². The number of unbranched alkanes of at least 4 members (excludes halogenated alkanes) is 15. The molecule has 2 aliphatic rings. The van der Waals surface area contributed by atoms with Gasteiger partial charge in [-0.3, -0.25) is 13.8 Å². The Morgan fingerprint density at radius 2 is 1.63 bits per heavy atom. The van der Waals surface area contributed by atoms with E-state index >= 15 is 0 Å². The highest BCUT2D eigenvalue weighted by Gasteiger charge is 2.82. The zero-order chi connectivity index (χ0) is 42.6. The van der Waals surface area contributed by atoms with E-state index in [1.54, 1.807) is 19.1 Å². The Labute approximate surface area is 352 Å². The Morgan fingerprint density at radius 1 is 1.02 bits per heavy atom. The Hall–Kier alpha value is -2.72. The molecule has 17 heteroatoms. The number of phosphoric ester groups is 1. The number of nitrogens with two attached hydrogens (primary N) is 1. The van der Waals surface area contributed by atoms with Gasteiger partial charge < -0.3 is 35.2 Å². The molecule has 1 aliphatic heterocycles. The number of aliphatic hydroxyl groups excluding tert-OH is 1. The summed E-state index contributed by atoms with van der Waals surface area (Å²) in [6.45, 7) is 5.06. The maximum Gasteiger partial charge on any atom is 0.472 e. The van der Waals surface area contributed by atoms with Gasteiger partial charge in [0.05, 0.1) is 30.0 Å². The van der Waals surface area contributed by atoms with Gasteiger partial charge in [-0.05, 0) is 43.2 Å². The number of nitrogen functional groups attached to an aromatic ring is 1. The van der Waals surface area contributed by atoms with Crippen molar-refractivity contribution in [3.05, 3.63) is 58.8 Å². The molecule has 0 spiro atoms. The second kappa shape index (κ2) is 21.9. The molecule has 0 radical (unpaired) electrons. The number of nitrogens with zero attached hydrogens (tertiary/aromatic N) is 4. The third kappa shape index (κ3) is 12.2. The van der Waals surface area contributed by atoms with Crippen LogP contribution in [0.1, 0.15) is 135 Å². The van der Waals surface area contributed by atoms with Crippen molar-refractivity contribution >= 4 is 36.7 Å². The fourth-order valence-corrected chi connectivity index (χ4v) is 9.31.